The number of hydrogen-bond donors (Lipinski definition) is 1. The van der Waals surface area contributed by atoms with Crippen LogP contribution in [0.5, 0.6) is 0 Å². The maximum atomic E-state index is 12.1. The number of esters is 1. The highest BCUT2D eigenvalue weighted by Crippen LogP contribution is 2.28. The number of aryl methyl sites for hydroxylation is 1. The monoisotopic (exact) mass is 355 g/mol. The van der Waals surface area contributed by atoms with Gasteiger partial charge in [-0.3, -0.25) is 0 Å². The Bertz CT molecular complexity index is 1010. The number of nitriles is 1. The third-order valence-corrected chi connectivity index (χ3v) is 4.01. The lowest BCUT2D eigenvalue weighted by Crippen LogP contribution is -2.11. The highest BCUT2D eigenvalue weighted by Gasteiger charge is 2.22. The van der Waals surface area contributed by atoms with Gasteiger partial charge in [-0.05, 0) is 30.7 Å². The van der Waals surface area contributed by atoms with Crippen molar-refractivity contribution in [1.82, 2.24) is 14.3 Å². The van der Waals surface area contributed by atoms with Gasteiger partial charge in [-0.15, -0.1) is 0 Å². The molecule has 0 spiro atoms. The number of nitrogens with zero attached hydrogens (tertiary/aromatic N) is 4. The van der Waals surface area contributed by atoms with Gasteiger partial charge in [0.1, 0.15) is 6.07 Å². The number of carbonyl (C=O) groups is 1. The van der Waals surface area contributed by atoms with Crippen LogP contribution in [0.25, 0.3) is 11.4 Å². The molecule has 7 nitrogen and oxygen atoms in total. The Hall–Kier alpha value is -3.24. The predicted molar refractivity (Wildman–Crippen MR) is 93.1 cm³/mol. The van der Waals surface area contributed by atoms with Crippen molar-refractivity contribution in [3.05, 3.63) is 58.6 Å². The molecule has 1 aromatic carbocycles. The molecule has 0 aliphatic heterocycles. The van der Waals surface area contributed by atoms with Crippen LogP contribution in [0.3, 0.4) is 0 Å². The molecule has 0 bridgehead atoms. The first-order valence-corrected chi connectivity index (χ1v) is 7.65. The first-order valence-electron chi connectivity index (χ1n) is 7.27. The predicted octanol–water partition coefficient (Wildman–Crippen LogP) is 2.87. The molecular weight excluding hydrogens is 342 g/mol. The number of nitrogens with two attached hydrogens (primary N) is 1. The molecule has 0 radical (unpaired) electrons. The minimum Gasteiger partial charge on any atom is -0.464 e. The summed E-state index contributed by atoms with van der Waals surface area (Å²) in [6.45, 7) is 1.93. The molecule has 0 atom stereocenters. The first-order chi connectivity index (χ1) is 12.0. The summed E-state index contributed by atoms with van der Waals surface area (Å²) in [7, 11) is 1.25. The quantitative estimate of drug-likeness (QED) is 0.728. The summed E-state index contributed by atoms with van der Waals surface area (Å²) < 4.78 is 7.92. The normalized spacial score (nSPS) is 10.5. The van der Waals surface area contributed by atoms with E-state index in [1.807, 2.05) is 19.2 Å². The number of rotatable bonds is 3. The maximum Gasteiger partial charge on any atom is 0.357 e. The van der Waals surface area contributed by atoms with Gasteiger partial charge in [0.25, 0.3) is 0 Å². The van der Waals surface area contributed by atoms with Gasteiger partial charge in [0.2, 0.25) is 0 Å². The number of aromatic nitrogens is 3. The summed E-state index contributed by atoms with van der Waals surface area (Å²) in [4.78, 5) is 12.1. The largest absolute Gasteiger partial charge is 0.464 e. The van der Waals surface area contributed by atoms with Crippen LogP contribution in [0.2, 0.25) is 5.02 Å². The van der Waals surface area contributed by atoms with Crippen LogP contribution >= 0.6 is 11.6 Å². The number of carbonyl (C=O) groups excluding carboxylic acids is 1. The van der Waals surface area contributed by atoms with Gasteiger partial charge in [0.05, 0.1) is 35.3 Å². The Balaban J connectivity index is 2.13. The fraction of sp³-hybridized carbons (Fsp3) is 0.118. The zero-order valence-electron chi connectivity index (χ0n) is 13.5. The smallest absolute Gasteiger partial charge is 0.357 e. The van der Waals surface area contributed by atoms with E-state index in [-0.39, 0.29) is 16.9 Å². The molecule has 3 aromatic rings. The fourth-order valence-electron chi connectivity index (χ4n) is 2.49. The van der Waals surface area contributed by atoms with Gasteiger partial charge in [0, 0.05) is 18.1 Å². The van der Waals surface area contributed by atoms with Crippen molar-refractivity contribution in [1.29, 1.82) is 5.26 Å². The molecule has 0 fully saturated rings. The molecule has 0 aliphatic carbocycles. The Morgan fingerprint density at radius 1 is 1.40 bits per heavy atom. The van der Waals surface area contributed by atoms with Gasteiger partial charge in [-0.25, -0.2) is 9.48 Å². The van der Waals surface area contributed by atoms with E-state index in [1.165, 1.54) is 17.9 Å². The molecule has 0 aliphatic rings. The van der Waals surface area contributed by atoms with Gasteiger partial charge in [-0.2, -0.15) is 10.4 Å². The zero-order chi connectivity index (χ0) is 18.1. The fourth-order valence-corrected chi connectivity index (χ4v) is 2.76. The summed E-state index contributed by atoms with van der Waals surface area (Å²) in [6, 6.07) is 7.15. The summed E-state index contributed by atoms with van der Waals surface area (Å²) in [6.07, 6.45) is 5.05. The van der Waals surface area contributed by atoms with E-state index >= 15 is 0 Å². The van der Waals surface area contributed by atoms with Crippen LogP contribution in [0.15, 0.2) is 36.8 Å². The van der Waals surface area contributed by atoms with Gasteiger partial charge < -0.3 is 15.0 Å². The van der Waals surface area contributed by atoms with Gasteiger partial charge in [0.15, 0.2) is 5.69 Å². The van der Waals surface area contributed by atoms with E-state index < -0.39 is 5.97 Å². The molecule has 2 aromatic heterocycles. The molecule has 0 amide bonds. The lowest BCUT2D eigenvalue weighted by molar-refractivity contribution is 0.0593. The van der Waals surface area contributed by atoms with Crippen LogP contribution in [-0.2, 0) is 4.74 Å². The summed E-state index contributed by atoms with van der Waals surface area (Å²) in [5.74, 6) is -0.637. The summed E-state index contributed by atoms with van der Waals surface area (Å²) in [5.41, 5.74) is 8.50. The molecular formula is C17H14ClN5O2. The zero-order valence-corrected chi connectivity index (χ0v) is 14.3. The van der Waals surface area contributed by atoms with E-state index in [2.05, 4.69) is 5.10 Å². The number of benzene rings is 1. The maximum absolute atomic E-state index is 12.1. The minimum absolute atomic E-state index is 0.0669. The molecule has 2 N–H and O–H groups in total. The van der Waals surface area contributed by atoms with Crippen LogP contribution in [0.1, 0.15) is 21.6 Å². The van der Waals surface area contributed by atoms with Crippen molar-refractivity contribution in [2.24, 2.45) is 0 Å². The second kappa shape index (κ2) is 6.34. The molecule has 25 heavy (non-hydrogen) atoms. The number of ether oxygens (including phenoxy) is 1. The van der Waals surface area contributed by atoms with Gasteiger partial charge in [-0.1, -0.05) is 11.6 Å². The summed E-state index contributed by atoms with van der Waals surface area (Å²) >= 11 is 6.38. The average molecular weight is 356 g/mol. The molecule has 2 heterocycles. The van der Waals surface area contributed by atoms with Crippen molar-refractivity contribution >= 4 is 23.3 Å². The van der Waals surface area contributed by atoms with E-state index in [0.29, 0.717) is 16.4 Å². The Morgan fingerprint density at radius 2 is 2.16 bits per heavy atom. The lowest BCUT2D eigenvalue weighted by atomic mass is 10.2. The topological polar surface area (TPSA) is 98.9 Å². The van der Waals surface area contributed by atoms with E-state index in [1.54, 1.807) is 29.1 Å². The highest BCUT2D eigenvalue weighted by molar-refractivity contribution is 6.32. The molecule has 8 heteroatoms. The Labute approximate surface area is 148 Å². The van der Waals surface area contributed by atoms with Crippen LogP contribution in [0, 0.1) is 18.3 Å². The molecule has 126 valence electrons. The van der Waals surface area contributed by atoms with Crippen molar-refractivity contribution in [2.45, 2.75) is 6.92 Å². The van der Waals surface area contributed by atoms with Crippen LogP contribution in [0.4, 0.5) is 5.69 Å². The van der Waals surface area contributed by atoms with Crippen molar-refractivity contribution in [2.75, 3.05) is 12.8 Å². The third-order valence-electron chi connectivity index (χ3n) is 3.71. The molecule has 0 saturated heterocycles. The standard InChI is InChI=1S/C17H14ClN5O2/c1-10-7-21-23(8-10)14-4-3-12(5-13(14)18)22-9-11(6-19)15(20)16(22)17(24)25-2/h3-5,7-9H,20H2,1-2H3. The summed E-state index contributed by atoms with van der Waals surface area (Å²) in [5, 5.41) is 13.8. The van der Waals surface area contributed by atoms with E-state index in [9.17, 15) is 10.1 Å². The third kappa shape index (κ3) is 2.84. The van der Waals surface area contributed by atoms with Crippen LogP contribution in [-0.4, -0.2) is 27.4 Å². The van der Waals surface area contributed by atoms with Crippen molar-refractivity contribution in [3.63, 3.8) is 0 Å². The second-order valence-electron chi connectivity index (χ2n) is 5.38. The number of methoxy groups -OCH3 is 1. The highest BCUT2D eigenvalue weighted by atomic mass is 35.5. The second-order valence-corrected chi connectivity index (χ2v) is 5.78. The number of anilines is 1. The van der Waals surface area contributed by atoms with E-state index in [4.69, 9.17) is 22.1 Å². The lowest BCUT2D eigenvalue weighted by Gasteiger charge is -2.11. The number of nitrogen functional groups attached to an aromatic ring is 1. The van der Waals surface area contributed by atoms with Crippen LogP contribution < -0.4 is 5.73 Å². The van der Waals surface area contributed by atoms with Crippen molar-refractivity contribution < 1.29 is 9.53 Å². The van der Waals surface area contributed by atoms with E-state index in [0.717, 1.165) is 5.56 Å². The number of hydrogen-bond acceptors (Lipinski definition) is 5. The molecule has 3 rings (SSSR count). The first kappa shape index (κ1) is 16.6. The Morgan fingerprint density at radius 3 is 2.72 bits per heavy atom. The SMILES string of the molecule is COC(=O)c1c(N)c(C#N)cn1-c1ccc(-n2cc(C)cn2)c(Cl)c1. The Kier molecular flexibility index (Phi) is 4.21. The molecule has 0 saturated carbocycles. The van der Waals surface area contributed by atoms with Crippen molar-refractivity contribution in [3.8, 4) is 17.4 Å². The average Bonchev–Trinajstić information content (AvgIpc) is 3.17. The number of halogens is 1. The minimum atomic E-state index is -0.637. The molecule has 0 unspecified atom stereocenters. The van der Waals surface area contributed by atoms with Gasteiger partial charge >= 0.3 is 5.97 Å².